The number of nitrogen functional groups attached to an aromatic ring is 1. The van der Waals surface area contributed by atoms with Crippen LogP contribution < -0.4 is 5.73 Å². The molecule has 0 unspecified atom stereocenters. The van der Waals surface area contributed by atoms with Gasteiger partial charge in [0.25, 0.3) is 0 Å². The van der Waals surface area contributed by atoms with Crippen molar-refractivity contribution in [3.63, 3.8) is 0 Å². The van der Waals surface area contributed by atoms with Gasteiger partial charge in [-0.25, -0.2) is 13.1 Å². The van der Waals surface area contributed by atoms with Crippen LogP contribution in [-0.2, 0) is 22.8 Å². The van der Waals surface area contributed by atoms with Crippen LogP contribution in [0.4, 0.5) is 5.82 Å². The molecule has 2 heterocycles. The molecule has 2 rings (SSSR count). The lowest BCUT2D eigenvalue weighted by Crippen LogP contribution is -2.12. The number of aryl methyl sites for hydroxylation is 2. The van der Waals surface area contributed by atoms with Gasteiger partial charge in [0.2, 0.25) is 0 Å². The van der Waals surface area contributed by atoms with Crippen molar-refractivity contribution in [2.24, 2.45) is 0 Å². The summed E-state index contributed by atoms with van der Waals surface area (Å²) in [5, 5.41) is 11.8. The van der Waals surface area contributed by atoms with Crippen molar-refractivity contribution in [2.75, 3.05) is 17.7 Å². The maximum atomic E-state index is 11.1. The molecule has 0 bridgehead atoms. The molecule has 0 amide bonds. The van der Waals surface area contributed by atoms with Crippen LogP contribution in [0.15, 0.2) is 0 Å². The van der Waals surface area contributed by atoms with Gasteiger partial charge in [-0.3, -0.25) is 5.10 Å². The number of nitrogens with zero attached hydrogens (tertiary/aromatic N) is 3. The van der Waals surface area contributed by atoms with Gasteiger partial charge in [0.15, 0.2) is 5.65 Å². The summed E-state index contributed by atoms with van der Waals surface area (Å²) in [5.74, 6) is 0.516. The molecule has 8 heteroatoms. The molecule has 0 atom stereocenters. The van der Waals surface area contributed by atoms with E-state index in [4.69, 9.17) is 5.73 Å². The average molecular weight is 257 g/mol. The first-order chi connectivity index (χ1) is 7.92. The van der Waals surface area contributed by atoms with E-state index in [0.29, 0.717) is 18.0 Å². The van der Waals surface area contributed by atoms with Gasteiger partial charge in [0.05, 0.1) is 23.4 Å². The van der Waals surface area contributed by atoms with Crippen molar-refractivity contribution >= 4 is 26.7 Å². The highest BCUT2D eigenvalue weighted by molar-refractivity contribution is 7.90. The van der Waals surface area contributed by atoms with Crippen molar-refractivity contribution in [2.45, 2.75) is 19.9 Å². The highest BCUT2D eigenvalue weighted by Gasteiger charge is 2.16. The van der Waals surface area contributed by atoms with Gasteiger partial charge in [0.1, 0.15) is 15.7 Å². The van der Waals surface area contributed by atoms with Crippen molar-refractivity contribution in [1.82, 2.24) is 20.0 Å². The third-order valence-electron chi connectivity index (χ3n) is 2.56. The molecule has 17 heavy (non-hydrogen) atoms. The molecule has 0 aliphatic rings. The number of rotatable bonds is 4. The second kappa shape index (κ2) is 4.02. The zero-order valence-electron chi connectivity index (χ0n) is 9.77. The number of nitrogens with one attached hydrogen (secondary N) is 1. The second-order valence-corrected chi connectivity index (χ2v) is 6.25. The molecule has 3 N–H and O–H groups in total. The Morgan fingerprint density at radius 3 is 2.76 bits per heavy atom. The number of nitrogens with two attached hydrogens (primary N) is 1. The maximum absolute atomic E-state index is 11.1. The van der Waals surface area contributed by atoms with Crippen LogP contribution in [0, 0.1) is 0 Å². The number of anilines is 1. The van der Waals surface area contributed by atoms with Gasteiger partial charge >= 0.3 is 0 Å². The van der Waals surface area contributed by atoms with E-state index in [1.807, 2.05) is 6.92 Å². The normalized spacial score (nSPS) is 12.4. The van der Waals surface area contributed by atoms with Gasteiger partial charge in [-0.05, 0) is 6.42 Å². The number of hydrogen-bond acceptors (Lipinski definition) is 5. The summed E-state index contributed by atoms with van der Waals surface area (Å²) in [6, 6.07) is 0. The summed E-state index contributed by atoms with van der Waals surface area (Å²) < 4.78 is 23.8. The van der Waals surface area contributed by atoms with Gasteiger partial charge in [-0.15, -0.1) is 0 Å². The number of sulfone groups is 1. The zero-order chi connectivity index (χ0) is 12.6. The molecule has 0 spiro atoms. The molecule has 0 aromatic carbocycles. The first-order valence-corrected chi connectivity index (χ1v) is 7.35. The zero-order valence-corrected chi connectivity index (χ0v) is 10.6. The predicted octanol–water partition coefficient (Wildman–Crippen LogP) is -0.0514. The minimum Gasteiger partial charge on any atom is -0.383 e. The van der Waals surface area contributed by atoms with Gasteiger partial charge in [-0.1, -0.05) is 6.92 Å². The second-order valence-electron chi connectivity index (χ2n) is 3.99. The molecule has 94 valence electrons. The van der Waals surface area contributed by atoms with Crippen molar-refractivity contribution < 1.29 is 8.42 Å². The van der Waals surface area contributed by atoms with Crippen LogP contribution in [0.2, 0.25) is 0 Å². The monoisotopic (exact) mass is 257 g/mol. The van der Waals surface area contributed by atoms with Crippen LogP contribution in [-0.4, -0.2) is 40.4 Å². The maximum Gasteiger partial charge on any atom is 0.182 e. The summed E-state index contributed by atoms with van der Waals surface area (Å²) in [6.45, 7) is 2.26. The van der Waals surface area contributed by atoms with E-state index >= 15 is 0 Å². The number of fused-ring (bicyclic) bond motifs is 1. The number of aromatic amines is 1. The summed E-state index contributed by atoms with van der Waals surface area (Å²) in [5.41, 5.74) is 7.21. The first-order valence-electron chi connectivity index (χ1n) is 5.29. The third-order valence-corrected chi connectivity index (χ3v) is 3.48. The molecule has 2 aromatic heterocycles. The number of H-pyrrole nitrogens is 1. The van der Waals surface area contributed by atoms with Crippen molar-refractivity contribution in [3.05, 3.63) is 5.69 Å². The lowest BCUT2D eigenvalue weighted by atomic mass is 10.2. The number of aromatic nitrogens is 4. The van der Waals surface area contributed by atoms with E-state index in [0.717, 1.165) is 17.5 Å². The Hall–Kier alpha value is -1.57. The summed E-state index contributed by atoms with van der Waals surface area (Å²) in [6.07, 6.45) is 1.93. The van der Waals surface area contributed by atoms with E-state index < -0.39 is 9.84 Å². The molecule has 0 radical (unpaired) electrons. The standard InChI is InChI=1S/C9H15N5O2S/c1-3-6-7-8(10)11-12-9(7)14(13-6)4-5-17(2,15)16/h3-5H2,1-2H3,(H3,10,11,12). The Bertz CT molecular complexity index is 640. The molecule has 0 saturated carbocycles. The van der Waals surface area contributed by atoms with E-state index in [-0.39, 0.29) is 5.75 Å². The lowest BCUT2D eigenvalue weighted by molar-refractivity contribution is 0.587. The largest absolute Gasteiger partial charge is 0.383 e. The molecular formula is C9H15N5O2S. The van der Waals surface area contributed by atoms with E-state index in [1.54, 1.807) is 4.68 Å². The first kappa shape index (κ1) is 11.9. The third kappa shape index (κ3) is 2.26. The van der Waals surface area contributed by atoms with E-state index in [9.17, 15) is 8.42 Å². The van der Waals surface area contributed by atoms with Gasteiger partial charge in [0, 0.05) is 6.26 Å². The molecule has 0 aliphatic heterocycles. The molecule has 0 fully saturated rings. The lowest BCUT2D eigenvalue weighted by Gasteiger charge is -1.99. The van der Waals surface area contributed by atoms with Gasteiger partial charge in [-0.2, -0.15) is 10.2 Å². The van der Waals surface area contributed by atoms with Crippen LogP contribution in [0.3, 0.4) is 0 Å². The highest BCUT2D eigenvalue weighted by Crippen LogP contribution is 2.22. The highest BCUT2D eigenvalue weighted by atomic mass is 32.2. The topological polar surface area (TPSA) is 107 Å². The van der Waals surface area contributed by atoms with Gasteiger partial charge < -0.3 is 5.73 Å². The number of hydrogen-bond donors (Lipinski definition) is 2. The molecule has 0 aliphatic carbocycles. The molecule has 0 saturated heterocycles. The van der Waals surface area contributed by atoms with Crippen molar-refractivity contribution in [3.8, 4) is 0 Å². The van der Waals surface area contributed by atoms with Crippen LogP contribution in [0.1, 0.15) is 12.6 Å². The Morgan fingerprint density at radius 1 is 1.47 bits per heavy atom. The average Bonchev–Trinajstić information content (AvgIpc) is 2.76. The Kier molecular flexibility index (Phi) is 2.82. The SMILES string of the molecule is CCc1nn(CCS(C)(=O)=O)c2n[nH]c(N)c12. The minimum absolute atomic E-state index is 0.0414. The molecule has 7 nitrogen and oxygen atoms in total. The summed E-state index contributed by atoms with van der Waals surface area (Å²) in [7, 11) is -3.01. The Morgan fingerprint density at radius 2 is 2.18 bits per heavy atom. The van der Waals surface area contributed by atoms with Crippen LogP contribution in [0.5, 0.6) is 0 Å². The molecule has 2 aromatic rings. The van der Waals surface area contributed by atoms with Crippen LogP contribution >= 0.6 is 0 Å². The quantitative estimate of drug-likeness (QED) is 0.798. The summed E-state index contributed by atoms with van der Waals surface area (Å²) >= 11 is 0. The predicted molar refractivity (Wildman–Crippen MR) is 65.4 cm³/mol. The van der Waals surface area contributed by atoms with E-state index in [1.165, 1.54) is 6.26 Å². The summed E-state index contributed by atoms with van der Waals surface area (Å²) in [4.78, 5) is 0. The van der Waals surface area contributed by atoms with E-state index in [2.05, 4.69) is 15.3 Å². The Balaban J connectivity index is 2.41. The fourth-order valence-corrected chi connectivity index (χ4v) is 2.22. The van der Waals surface area contributed by atoms with Crippen molar-refractivity contribution in [1.29, 1.82) is 0 Å². The minimum atomic E-state index is -3.01. The fourth-order valence-electron chi connectivity index (χ4n) is 1.72. The fraction of sp³-hybridized carbons (Fsp3) is 0.556. The molecular weight excluding hydrogens is 242 g/mol. The van der Waals surface area contributed by atoms with Crippen LogP contribution in [0.25, 0.3) is 11.0 Å². The smallest absolute Gasteiger partial charge is 0.182 e. The Labute approximate surface area is 98.9 Å².